The largest absolute Gasteiger partial charge is 1.00 e. The van der Waals surface area contributed by atoms with Crippen molar-refractivity contribution in [2.75, 3.05) is 0 Å². The van der Waals surface area contributed by atoms with Gasteiger partial charge in [0.2, 0.25) is 11.4 Å². The number of ether oxygens (including phenoxy) is 1. The summed E-state index contributed by atoms with van der Waals surface area (Å²) in [7, 11) is 0. The molecule has 2 aromatic rings. The van der Waals surface area contributed by atoms with Crippen LogP contribution >= 0.6 is 0 Å². The van der Waals surface area contributed by atoms with Crippen molar-refractivity contribution in [2.24, 2.45) is 0 Å². The van der Waals surface area contributed by atoms with Crippen molar-refractivity contribution >= 4 is 5.97 Å². The molecule has 0 saturated carbocycles. The minimum Gasteiger partial charge on any atom is -1.00 e. The van der Waals surface area contributed by atoms with Gasteiger partial charge in [-0.2, -0.15) is 4.57 Å². The average Bonchev–Trinajstić information content (AvgIpc) is 2.47. The predicted molar refractivity (Wildman–Crippen MR) is 76.1 cm³/mol. The Labute approximate surface area is 135 Å². The zero-order valence-electron chi connectivity index (χ0n) is 12.2. The summed E-state index contributed by atoms with van der Waals surface area (Å²) in [6, 6.07) is 11.2. The Morgan fingerprint density at radius 1 is 1.23 bits per heavy atom. The number of pyridine rings is 1. The molecule has 1 heterocycles. The van der Waals surface area contributed by atoms with Crippen molar-refractivity contribution < 1.29 is 36.7 Å². The standard InChI is InChI=1S/C16H17NO4.ClH/c1-12-16(21-11-13-5-3-2-4-6-13)14(18)7-9-17(12)10-8-15(19)20;/h2-7,9H,8,10-11H2,1H3,(H,19,20);1H. The van der Waals surface area contributed by atoms with Gasteiger partial charge in [0.25, 0.3) is 0 Å². The van der Waals surface area contributed by atoms with Crippen LogP contribution in [0.4, 0.5) is 0 Å². The highest BCUT2D eigenvalue weighted by Gasteiger charge is 2.18. The van der Waals surface area contributed by atoms with Crippen LogP contribution in [-0.2, 0) is 17.9 Å². The molecule has 0 bridgehead atoms. The topological polar surface area (TPSA) is 70.6 Å². The molecule has 0 saturated heterocycles. The summed E-state index contributed by atoms with van der Waals surface area (Å²) in [6.07, 6.45) is 1.68. The first-order chi connectivity index (χ1) is 10.1. The van der Waals surface area contributed by atoms with Crippen molar-refractivity contribution in [1.29, 1.82) is 0 Å². The van der Waals surface area contributed by atoms with Crippen LogP contribution in [-0.4, -0.2) is 16.2 Å². The number of hydrogen-bond donors (Lipinski definition) is 2. The van der Waals surface area contributed by atoms with Gasteiger partial charge in [-0.1, -0.05) is 30.3 Å². The Morgan fingerprint density at radius 2 is 1.91 bits per heavy atom. The third-order valence-corrected chi connectivity index (χ3v) is 3.20. The van der Waals surface area contributed by atoms with E-state index >= 15 is 0 Å². The van der Waals surface area contributed by atoms with E-state index in [2.05, 4.69) is 0 Å². The molecule has 5 nitrogen and oxygen atoms in total. The molecule has 22 heavy (non-hydrogen) atoms. The molecule has 6 heteroatoms. The lowest BCUT2D eigenvalue weighted by molar-refractivity contribution is -0.702. The second kappa shape index (κ2) is 8.24. The fourth-order valence-corrected chi connectivity index (χ4v) is 2.03. The van der Waals surface area contributed by atoms with Crippen LogP contribution in [0.25, 0.3) is 0 Å². The van der Waals surface area contributed by atoms with Crippen LogP contribution in [0.5, 0.6) is 11.5 Å². The van der Waals surface area contributed by atoms with Crippen molar-refractivity contribution in [3.8, 4) is 11.5 Å². The van der Waals surface area contributed by atoms with Gasteiger partial charge in [0, 0.05) is 13.0 Å². The number of aliphatic carboxylic acids is 1. The minimum atomic E-state index is -0.860. The number of aromatic nitrogens is 1. The van der Waals surface area contributed by atoms with Gasteiger partial charge in [0.15, 0.2) is 18.5 Å². The van der Waals surface area contributed by atoms with Crippen LogP contribution < -0.4 is 21.7 Å². The maximum Gasteiger partial charge on any atom is 0.309 e. The number of aromatic hydroxyl groups is 1. The number of benzene rings is 1. The molecule has 2 rings (SSSR count). The number of carbonyl (C=O) groups is 1. The summed E-state index contributed by atoms with van der Waals surface area (Å²) in [5.74, 6) is -0.427. The Hall–Kier alpha value is -2.27. The maximum absolute atomic E-state index is 10.7. The van der Waals surface area contributed by atoms with Crippen LogP contribution in [0.3, 0.4) is 0 Å². The Kier molecular flexibility index (Phi) is 6.66. The highest BCUT2D eigenvalue weighted by molar-refractivity contribution is 5.66. The molecule has 0 radical (unpaired) electrons. The maximum atomic E-state index is 10.7. The van der Waals surface area contributed by atoms with Crippen LogP contribution in [0.1, 0.15) is 17.7 Å². The molecule has 1 aromatic carbocycles. The van der Waals surface area contributed by atoms with Gasteiger partial charge < -0.3 is 27.4 Å². The molecule has 0 aliphatic rings. The number of rotatable bonds is 6. The van der Waals surface area contributed by atoms with Crippen molar-refractivity contribution in [2.45, 2.75) is 26.5 Å². The molecule has 0 aliphatic heterocycles. The van der Waals surface area contributed by atoms with E-state index < -0.39 is 5.97 Å². The highest BCUT2D eigenvalue weighted by Crippen LogP contribution is 2.27. The molecule has 0 unspecified atom stereocenters. The van der Waals surface area contributed by atoms with Crippen molar-refractivity contribution in [1.82, 2.24) is 0 Å². The number of nitrogens with zero attached hydrogens (tertiary/aromatic N) is 1. The monoisotopic (exact) mass is 323 g/mol. The molecule has 0 fully saturated rings. The minimum absolute atomic E-state index is 0. The lowest BCUT2D eigenvalue weighted by Gasteiger charge is -2.10. The lowest BCUT2D eigenvalue weighted by Crippen LogP contribution is -3.00. The van der Waals surface area contributed by atoms with E-state index in [1.165, 1.54) is 6.07 Å². The first-order valence-corrected chi connectivity index (χ1v) is 6.68. The number of carboxylic acid groups (broad SMARTS) is 1. The zero-order chi connectivity index (χ0) is 15.2. The molecule has 0 aliphatic carbocycles. The van der Waals surface area contributed by atoms with Gasteiger partial charge in [-0.25, -0.2) is 0 Å². The normalized spacial score (nSPS) is 9.86. The van der Waals surface area contributed by atoms with Crippen molar-refractivity contribution in [3.63, 3.8) is 0 Å². The lowest BCUT2D eigenvalue weighted by atomic mass is 10.2. The third-order valence-electron chi connectivity index (χ3n) is 3.20. The Bertz CT molecular complexity index is 632. The van der Waals surface area contributed by atoms with E-state index in [9.17, 15) is 9.90 Å². The SMILES string of the molecule is Cc1c(OCc2ccccc2)c(O)cc[n+]1CCC(=O)O.[Cl-]. The summed E-state index contributed by atoms with van der Waals surface area (Å²) >= 11 is 0. The molecule has 1 aromatic heterocycles. The average molecular weight is 324 g/mol. The molecule has 118 valence electrons. The Balaban J connectivity index is 0.00000242. The van der Waals surface area contributed by atoms with E-state index in [0.29, 0.717) is 24.6 Å². The number of aryl methyl sites for hydroxylation is 1. The first-order valence-electron chi connectivity index (χ1n) is 6.68. The molecule has 0 spiro atoms. The molecular weight excluding hydrogens is 306 g/mol. The Morgan fingerprint density at radius 3 is 2.55 bits per heavy atom. The summed E-state index contributed by atoms with van der Waals surface area (Å²) < 4.78 is 7.44. The van der Waals surface area contributed by atoms with E-state index in [-0.39, 0.29) is 24.6 Å². The summed E-state index contributed by atoms with van der Waals surface area (Å²) in [5.41, 5.74) is 1.70. The smallest absolute Gasteiger partial charge is 0.309 e. The summed E-state index contributed by atoms with van der Waals surface area (Å²) in [4.78, 5) is 10.7. The predicted octanol–water partition coefficient (Wildman–Crippen LogP) is -0.954. The van der Waals surface area contributed by atoms with Gasteiger partial charge in [-0.3, -0.25) is 4.79 Å². The van der Waals surface area contributed by atoms with Gasteiger partial charge in [-0.15, -0.1) is 0 Å². The van der Waals surface area contributed by atoms with Crippen LogP contribution in [0.2, 0.25) is 0 Å². The first kappa shape index (κ1) is 17.8. The van der Waals surface area contributed by atoms with Gasteiger partial charge in [0.05, 0.1) is 0 Å². The molecule has 0 amide bonds. The van der Waals surface area contributed by atoms with E-state index in [0.717, 1.165) is 5.56 Å². The fraction of sp³-hybridized carbons (Fsp3) is 0.250. The van der Waals surface area contributed by atoms with Gasteiger partial charge in [0.1, 0.15) is 13.0 Å². The molecule has 2 N–H and O–H groups in total. The molecular formula is C16H18ClNO4. The second-order valence-corrected chi connectivity index (χ2v) is 4.73. The number of hydrogen-bond acceptors (Lipinski definition) is 3. The van der Waals surface area contributed by atoms with Crippen LogP contribution in [0, 0.1) is 6.92 Å². The summed E-state index contributed by atoms with van der Waals surface area (Å²) in [6.45, 7) is 2.48. The van der Waals surface area contributed by atoms with Gasteiger partial charge >= 0.3 is 5.97 Å². The quantitative estimate of drug-likeness (QED) is 0.672. The fourth-order valence-electron chi connectivity index (χ4n) is 2.03. The highest BCUT2D eigenvalue weighted by atomic mass is 35.5. The van der Waals surface area contributed by atoms with Gasteiger partial charge in [-0.05, 0) is 5.56 Å². The number of carboxylic acids is 1. The van der Waals surface area contributed by atoms with E-state index in [1.807, 2.05) is 30.3 Å². The third kappa shape index (κ3) is 4.63. The summed E-state index contributed by atoms with van der Waals surface area (Å²) in [5, 5.41) is 18.7. The second-order valence-electron chi connectivity index (χ2n) is 4.73. The van der Waals surface area contributed by atoms with Crippen LogP contribution in [0.15, 0.2) is 42.6 Å². The zero-order valence-corrected chi connectivity index (χ0v) is 13.0. The number of halogens is 1. The molecule has 0 atom stereocenters. The van der Waals surface area contributed by atoms with E-state index in [1.54, 1.807) is 17.7 Å². The van der Waals surface area contributed by atoms with E-state index in [4.69, 9.17) is 9.84 Å². The van der Waals surface area contributed by atoms with Crippen molar-refractivity contribution in [3.05, 3.63) is 53.9 Å².